The largest absolute Gasteiger partial charge is 0.490 e. The Morgan fingerprint density at radius 2 is 1.72 bits per heavy atom. The van der Waals surface area contributed by atoms with E-state index in [2.05, 4.69) is 57.2 Å². The number of carbonyl (C=O) groups is 1. The van der Waals surface area contributed by atoms with E-state index in [1.54, 1.807) is 0 Å². The Balaban J connectivity index is 1.59. The second kappa shape index (κ2) is 9.17. The maximum absolute atomic E-state index is 10.7. The Morgan fingerprint density at radius 3 is 2.38 bits per heavy atom. The van der Waals surface area contributed by atoms with E-state index in [0.717, 1.165) is 31.1 Å². The highest BCUT2D eigenvalue weighted by atomic mass is 16.5. The Kier molecular flexibility index (Phi) is 6.84. The quantitative estimate of drug-likeness (QED) is 0.648. The highest BCUT2D eigenvalue weighted by molar-refractivity contribution is 5.84. The van der Waals surface area contributed by atoms with Crippen LogP contribution in [0.2, 0.25) is 0 Å². The number of fused-ring (bicyclic) bond motifs is 1. The molecule has 29 heavy (non-hydrogen) atoms. The fraction of sp³-hybridized carbons (Fsp3) is 0.560. The molecule has 1 fully saturated rings. The number of aliphatic carboxylic acids is 1. The van der Waals surface area contributed by atoms with Crippen LogP contribution in [0.5, 0.6) is 5.75 Å². The minimum Gasteiger partial charge on any atom is -0.490 e. The van der Waals surface area contributed by atoms with Crippen molar-refractivity contribution in [3.05, 3.63) is 42.0 Å². The summed E-state index contributed by atoms with van der Waals surface area (Å²) in [6.45, 7) is 8.34. The number of carboxylic acids is 1. The van der Waals surface area contributed by atoms with Gasteiger partial charge in [-0.2, -0.15) is 0 Å². The van der Waals surface area contributed by atoms with Crippen molar-refractivity contribution in [3.63, 3.8) is 0 Å². The minimum absolute atomic E-state index is 0.169. The van der Waals surface area contributed by atoms with Crippen LogP contribution in [0, 0.1) is 11.3 Å². The van der Waals surface area contributed by atoms with Crippen molar-refractivity contribution in [1.29, 1.82) is 0 Å². The predicted molar refractivity (Wildman–Crippen MR) is 118 cm³/mol. The summed E-state index contributed by atoms with van der Waals surface area (Å²) < 4.78 is 6.31. The monoisotopic (exact) mass is 397 g/mol. The van der Waals surface area contributed by atoms with Crippen LogP contribution in [0.3, 0.4) is 0 Å². The Hall–Kier alpha value is -2.07. The molecule has 0 unspecified atom stereocenters. The van der Waals surface area contributed by atoms with E-state index in [4.69, 9.17) is 9.84 Å². The maximum Gasteiger partial charge on any atom is 0.304 e. The van der Waals surface area contributed by atoms with Crippen LogP contribution in [-0.4, -0.2) is 35.7 Å². The van der Waals surface area contributed by atoms with E-state index in [1.807, 2.05) is 11.9 Å². The molecule has 0 spiro atoms. The van der Waals surface area contributed by atoms with Crippen LogP contribution in [0.1, 0.15) is 58.4 Å². The second-order valence-electron chi connectivity index (χ2n) is 9.68. The van der Waals surface area contributed by atoms with E-state index in [9.17, 15) is 4.79 Å². The molecule has 1 aliphatic rings. The summed E-state index contributed by atoms with van der Waals surface area (Å²) in [4.78, 5) is 12.8. The zero-order valence-corrected chi connectivity index (χ0v) is 18.3. The van der Waals surface area contributed by atoms with E-state index >= 15 is 0 Å². The first-order valence-electron chi connectivity index (χ1n) is 10.8. The van der Waals surface area contributed by atoms with E-state index in [-0.39, 0.29) is 6.42 Å². The Bertz CT molecular complexity index is 832. The first kappa shape index (κ1) is 21.6. The molecule has 1 N–H and O–H groups in total. The molecule has 0 aromatic heterocycles. The Morgan fingerprint density at radius 1 is 1.07 bits per heavy atom. The average molecular weight is 398 g/mol. The van der Waals surface area contributed by atoms with Gasteiger partial charge in [0.25, 0.3) is 0 Å². The molecule has 1 saturated carbocycles. The van der Waals surface area contributed by atoms with Crippen molar-refractivity contribution >= 4 is 16.7 Å². The summed E-state index contributed by atoms with van der Waals surface area (Å²) in [6, 6.07) is 12.8. The van der Waals surface area contributed by atoms with E-state index in [0.29, 0.717) is 18.1 Å². The topological polar surface area (TPSA) is 49.8 Å². The predicted octanol–water partition coefficient (Wildman–Crippen LogP) is 5.73. The van der Waals surface area contributed by atoms with Crippen LogP contribution in [0.25, 0.3) is 10.8 Å². The van der Waals surface area contributed by atoms with E-state index < -0.39 is 5.97 Å². The fourth-order valence-electron chi connectivity index (χ4n) is 4.36. The van der Waals surface area contributed by atoms with Crippen molar-refractivity contribution in [2.75, 3.05) is 13.6 Å². The third kappa shape index (κ3) is 6.20. The van der Waals surface area contributed by atoms with Gasteiger partial charge in [-0.15, -0.1) is 0 Å². The molecule has 4 heteroatoms. The molecule has 158 valence electrons. The molecule has 2 aromatic rings. The summed E-state index contributed by atoms with van der Waals surface area (Å²) in [6.07, 6.45) is 5.28. The number of rotatable bonds is 7. The van der Waals surface area contributed by atoms with Gasteiger partial charge in [0.1, 0.15) is 5.75 Å². The first-order chi connectivity index (χ1) is 13.7. The molecule has 0 saturated heterocycles. The highest BCUT2D eigenvalue weighted by Gasteiger charge is 2.30. The van der Waals surface area contributed by atoms with Gasteiger partial charge in [-0.3, -0.25) is 4.79 Å². The van der Waals surface area contributed by atoms with Gasteiger partial charge >= 0.3 is 5.97 Å². The van der Waals surface area contributed by atoms with Crippen LogP contribution in [0.15, 0.2) is 36.4 Å². The standard InChI is InChI=1S/C25H35NO3/c1-25(2,3)21-8-11-22(12-9-21)29-23-10-7-19-15-18(5-6-20(19)16-23)17-26(4)14-13-24(27)28/h5-7,10,15-16,21-22H,8-9,11-14,17H2,1-4H3,(H,27,28)/t21-,22-. The molecule has 1 aliphatic carbocycles. The van der Waals surface area contributed by atoms with Crippen molar-refractivity contribution in [2.45, 2.75) is 65.5 Å². The fourth-order valence-corrected chi connectivity index (χ4v) is 4.36. The van der Waals surface area contributed by atoms with Crippen LogP contribution in [-0.2, 0) is 11.3 Å². The molecule has 0 bridgehead atoms. The SMILES string of the molecule is CN(CCC(=O)O)Cc1ccc2cc(O[C@H]3CC[C@H](C(C)(C)C)CC3)ccc2c1. The maximum atomic E-state index is 10.7. The van der Waals surface area contributed by atoms with Gasteiger partial charge < -0.3 is 14.7 Å². The lowest BCUT2D eigenvalue weighted by molar-refractivity contribution is -0.137. The van der Waals surface area contributed by atoms with Gasteiger partial charge in [-0.25, -0.2) is 0 Å². The van der Waals surface area contributed by atoms with E-state index in [1.165, 1.54) is 29.2 Å². The summed E-state index contributed by atoms with van der Waals surface area (Å²) in [5.41, 5.74) is 1.59. The van der Waals surface area contributed by atoms with Crippen LogP contribution in [0.4, 0.5) is 0 Å². The molecule has 0 heterocycles. The average Bonchev–Trinajstić information content (AvgIpc) is 2.66. The number of hydrogen-bond donors (Lipinski definition) is 1. The number of hydrogen-bond acceptors (Lipinski definition) is 3. The van der Waals surface area contributed by atoms with Gasteiger partial charge in [-0.1, -0.05) is 39.0 Å². The summed E-state index contributed by atoms with van der Waals surface area (Å²) in [5.74, 6) is 1.00. The zero-order valence-electron chi connectivity index (χ0n) is 18.3. The molecule has 0 atom stereocenters. The second-order valence-corrected chi connectivity index (χ2v) is 9.68. The molecule has 2 aromatic carbocycles. The number of carboxylic acid groups (broad SMARTS) is 1. The molecule has 3 rings (SSSR count). The number of benzene rings is 2. The lowest BCUT2D eigenvalue weighted by Gasteiger charge is -2.37. The van der Waals surface area contributed by atoms with Gasteiger partial charge in [0.15, 0.2) is 0 Å². The number of nitrogens with zero attached hydrogens (tertiary/aromatic N) is 1. The highest BCUT2D eigenvalue weighted by Crippen LogP contribution is 2.39. The first-order valence-corrected chi connectivity index (χ1v) is 10.8. The third-order valence-electron chi connectivity index (χ3n) is 6.24. The molecule has 4 nitrogen and oxygen atoms in total. The number of ether oxygens (including phenoxy) is 1. The molecular formula is C25H35NO3. The van der Waals surface area contributed by atoms with Gasteiger partial charge in [0.05, 0.1) is 12.5 Å². The van der Waals surface area contributed by atoms with Crippen LogP contribution < -0.4 is 4.74 Å². The van der Waals surface area contributed by atoms with Crippen molar-refractivity contribution in [3.8, 4) is 5.75 Å². The zero-order chi connectivity index (χ0) is 21.0. The summed E-state index contributed by atoms with van der Waals surface area (Å²) >= 11 is 0. The smallest absolute Gasteiger partial charge is 0.304 e. The minimum atomic E-state index is -0.755. The molecule has 0 radical (unpaired) electrons. The normalized spacial score (nSPS) is 20.2. The van der Waals surface area contributed by atoms with Gasteiger partial charge in [0, 0.05) is 13.1 Å². The van der Waals surface area contributed by atoms with Crippen LogP contribution >= 0.6 is 0 Å². The molecular weight excluding hydrogens is 362 g/mol. The van der Waals surface area contributed by atoms with Crippen molar-refractivity contribution < 1.29 is 14.6 Å². The lowest BCUT2D eigenvalue weighted by atomic mass is 9.72. The summed E-state index contributed by atoms with van der Waals surface area (Å²) in [7, 11) is 1.96. The van der Waals surface area contributed by atoms with Crippen molar-refractivity contribution in [2.24, 2.45) is 11.3 Å². The third-order valence-corrected chi connectivity index (χ3v) is 6.24. The lowest BCUT2D eigenvalue weighted by Crippen LogP contribution is -2.30. The summed E-state index contributed by atoms with van der Waals surface area (Å²) in [5, 5.41) is 11.2. The Labute approximate surface area is 174 Å². The van der Waals surface area contributed by atoms with Crippen molar-refractivity contribution in [1.82, 2.24) is 4.90 Å². The molecule has 0 aliphatic heterocycles. The van der Waals surface area contributed by atoms with Gasteiger partial charge in [-0.05, 0) is 78.6 Å². The van der Waals surface area contributed by atoms with Gasteiger partial charge in [0.2, 0.25) is 0 Å². The molecule has 0 amide bonds.